The van der Waals surface area contributed by atoms with Crippen LogP contribution >= 0.6 is 0 Å². The average Bonchev–Trinajstić information content (AvgIpc) is 2.32. The Balaban J connectivity index is 3.84. The molecule has 0 fully saturated rings. The van der Waals surface area contributed by atoms with Crippen molar-refractivity contribution in [3.63, 3.8) is 0 Å². The smallest absolute Gasteiger partial charge is 0.239 e. The molecule has 0 aromatic rings. The van der Waals surface area contributed by atoms with Gasteiger partial charge in [-0.15, -0.1) is 0 Å². The quantitative estimate of drug-likeness (QED) is 0.586. The van der Waals surface area contributed by atoms with Crippen LogP contribution in [0.1, 0.15) is 19.8 Å². The number of nitrogens with two attached hydrogens (primary N) is 1. The first-order valence-electron chi connectivity index (χ1n) is 6.36. The van der Waals surface area contributed by atoms with E-state index in [1.807, 2.05) is 21.0 Å². The Kier molecular flexibility index (Phi) is 9.03. The van der Waals surface area contributed by atoms with Gasteiger partial charge >= 0.3 is 0 Å². The molecule has 102 valence electrons. The molecule has 5 heteroatoms. The number of hydrogen-bond donors (Lipinski definition) is 2. The highest BCUT2D eigenvalue weighted by Gasteiger charge is 2.16. The van der Waals surface area contributed by atoms with E-state index in [0.717, 1.165) is 39.0 Å². The molecule has 17 heavy (non-hydrogen) atoms. The van der Waals surface area contributed by atoms with E-state index in [1.165, 1.54) is 0 Å². The number of nitrogens with zero attached hydrogens (tertiary/aromatic N) is 2. The first-order valence-corrected chi connectivity index (χ1v) is 6.36. The molecule has 1 unspecified atom stereocenters. The topological polar surface area (TPSA) is 61.6 Å². The van der Waals surface area contributed by atoms with E-state index >= 15 is 0 Å². The summed E-state index contributed by atoms with van der Waals surface area (Å²) >= 11 is 0. The molecule has 5 nitrogen and oxygen atoms in total. The van der Waals surface area contributed by atoms with E-state index in [0.29, 0.717) is 0 Å². The third-order valence-corrected chi connectivity index (χ3v) is 2.85. The lowest BCUT2D eigenvalue weighted by molar-refractivity contribution is -0.131. The second kappa shape index (κ2) is 9.39. The minimum atomic E-state index is -0.340. The predicted molar refractivity (Wildman–Crippen MR) is 71.9 cm³/mol. The third kappa shape index (κ3) is 7.31. The van der Waals surface area contributed by atoms with Crippen molar-refractivity contribution in [3.05, 3.63) is 0 Å². The van der Waals surface area contributed by atoms with E-state index in [2.05, 4.69) is 17.3 Å². The largest absolute Gasteiger partial charge is 0.343 e. The van der Waals surface area contributed by atoms with Gasteiger partial charge < -0.3 is 20.9 Å². The van der Waals surface area contributed by atoms with Gasteiger partial charge in [0.1, 0.15) is 0 Å². The molecule has 0 bridgehead atoms. The lowest BCUT2D eigenvalue weighted by Crippen LogP contribution is -2.44. The Hall–Kier alpha value is -0.650. The second-order valence-electron chi connectivity index (χ2n) is 4.56. The van der Waals surface area contributed by atoms with Crippen LogP contribution in [0.5, 0.6) is 0 Å². The molecule has 0 aliphatic carbocycles. The lowest BCUT2D eigenvalue weighted by Gasteiger charge is -2.24. The first-order chi connectivity index (χ1) is 8.02. The van der Waals surface area contributed by atoms with E-state index in [4.69, 9.17) is 5.73 Å². The molecule has 0 aromatic carbocycles. The fourth-order valence-corrected chi connectivity index (χ4v) is 1.56. The Labute approximate surface area is 105 Å². The van der Waals surface area contributed by atoms with Crippen molar-refractivity contribution in [2.45, 2.75) is 25.8 Å². The monoisotopic (exact) mass is 244 g/mol. The standard InChI is InChI=1S/C12H28N4O/c1-5-6-11(13)12(17)16(4)10-9-15(3)8-7-14-2/h11,14H,5-10,13H2,1-4H3. The first kappa shape index (κ1) is 16.4. The van der Waals surface area contributed by atoms with Crippen molar-refractivity contribution in [1.82, 2.24) is 15.1 Å². The molecule has 0 radical (unpaired) electrons. The van der Waals surface area contributed by atoms with E-state index in [-0.39, 0.29) is 11.9 Å². The number of likely N-dealkylation sites (N-methyl/N-ethyl adjacent to an activating group) is 3. The molecular formula is C12H28N4O. The fourth-order valence-electron chi connectivity index (χ4n) is 1.56. The SMILES string of the molecule is CCCC(N)C(=O)N(C)CCN(C)CCNC. The summed E-state index contributed by atoms with van der Waals surface area (Å²) in [7, 11) is 5.82. The molecule has 0 saturated carbocycles. The van der Waals surface area contributed by atoms with Crippen molar-refractivity contribution in [2.24, 2.45) is 5.73 Å². The third-order valence-electron chi connectivity index (χ3n) is 2.85. The summed E-state index contributed by atoms with van der Waals surface area (Å²) in [5, 5.41) is 3.10. The van der Waals surface area contributed by atoms with Gasteiger partial charge in [0.25, 0.3) is 0 Å². The van der Waals surface area contributed by atoms with Crippen molar-refractivity contribution in [1.29, 1.82) is 0 Å². The molecule has 0 aliphatic heterocycles. The van der Waals surface area contributed by atoms with E-state index in [1.54, 1.807) is 4.90 Å². The Bertz CT molecular complexity index is 211. The zero-order chi connectivity index (χ0) is 13.3. The Morgan fingerprint density at radius 3 is 2.47 bits per heavy atom. The van der Waals surface area contributed by atoms with Gasteiger partial charge in [-0.2, -0.15) is 0 Å². The Morgan fingerprint density at radius 1 is 1.29 bits per heavy atom. The summed E-state index contributed by atoms with van der Waals surface area (Å²) < 4.78 is 0. The van der Waals surface area contributed by atoms with Gasteiger partial charge in [-0.1, -0.05) is 13.3 Å². The maximum atomic E-state index is 11.8. The molecule has 3 N–H and O–H groups in total. The van der Waals surface area contributed by atoms with Gasteiger partial charge in [-0.05, 0) is 20.5 Å². The van der Waals surface area contributed by atoms with Crippen LogP contribution in [-0.4, -0.2) is 69.1 Å². The van der Waals surface area contributed by atoms with Gasteiger partial charge in [-0.3, -0.25) is 4.79 Å². The molecule has 0 aliphatic rings. The number of carbonyl (C=O) groups is 1. The average molecular weight is 244 g/mol. The highest BCUT2D eigenvalue weighted by Crippen LogP contribution is 1.98. The molecule has 0 saturated heterocycles. The summed E-state index contributed by atoms with van der Waals surface area (Å²) in [6.07, 6.45) is 1.71. The normalized spacial score (nSPS) is 12.8. The summed E-state index contributed by atoms with van der Waals surface area (Å²) in [5.74, 6) is 0.0499. The van der Waals surface area contributed by atoms with E-state index < -0.39 is 0 Å². The van der Waals surface area contributed by atoms with Crippen LogP contribution in [0, 0.1) is 0 Å². The molecular weight excluding hydrogens is 216 g/mol. The highest BCUT2D eigenvalue weighted by atomic mass is 16.2. The highest BCUT2D eigenvalue weighted by molar-refractivity contribution is 5.81. The van der Waals surface area contributed by atoms with Crippen LogP contribution in [0.4, 0.5) is 0 Å². The summed E-state index contributed by atoms with van der Waals surface area (Å²) in [5.41, 5.74) is 5.80. The van der Waals surface area contributed by atoms with Crippen LogP contribution in [0.25, 0.3) is 0 Å². The number of nitrogens with one attached hydrogen (secondary N) is 1. The predicted octanol–water partition coefficient (Wildman–Crippen LogP) is -0.277. The molecule has 1 atom stereocenters. The van der Waals surface area contributed by atoms with E-state index in [9.17, 15) is 4.79 Å². The summed E-state index contributed by atoms with van der Waals surface area (Å²) in [4.78, 5) is 15.8. The van der Waals surface area contributed by atoms with Gasteiger partial charge in [0, 0.05) is 33.2 Å². The fraction of sp³-hybridized carbons (Fsp3) is 0.917. The van der Waals surface area contributed by atoms with Gasteiger partial charge in [0.2, 0.25) is 5.91 Å². The van der Waals surface area contributed by atoms with Gasteiger partial charge in [0.15, 0.2) is 0 Å². The van der Waals surface area contributed by atoms with Crippen molar-refractivity contribution >= 4 is 5.91 Å². The number of amides is 1. The molecule has 0 heterocycles. The summed E-state index contributed by atoms with van der Waals surface area (Å²) in [6, 6.07) is -0.340. The van der Waals surface area contributed by atoms with Crippen LogP contribution in [0.15, 0.2) is 0 Å². The van der Waals surface area contributed by atoms with Gasteiger partial charge in [0.05, 0.1) is 6.04 Å². The molecule has 0 rings (SSSR count). The molecule has 0 aromatic heterocycles. The van der Waals surface area contributed by atoms with Crippen molar-refractivity contribution < 1.29 is 4.79 Å². The lowest BCUT2D eigenvalue weighted by atomic mass is 10.1. The van der Waals surface area contributed by atoms with Crippen LogP contribution in [-0.2, 0) is 4.79 Å². The number of carbonyl (C=O) groups excluding carboxylic acids is 1. The maximum absolute atomic E-state index is 11.8. The minimum absolute atomic E-state index is 0.0499. The molecule has 0 spiro atoms. The van der Waals surface area contributed by atoms with Crippen LogP contribution < -0.4 is 11.1 Å². The van der Waals surface area contributed by atoms with Crippen molar-refractivity contribution in [2.75, 3.05) is 47.3 Å². The van der Waals surface area contributed by atoms with Crippen LogP contribution in [0.2, 0.25) is 0 Å². The number of rotatable bonds is 9. The second-order valence-corrected chi connectivity index (χ2v) is 4.56. The van der Waals surface area contributed by atoms with Crippen molar-refractivity contribution in [3.8, 4) is 0 Å². The number of hydrogen-bond acceptors (Lipinski definition) is 4. The maximum Gasteiger partial charge on any atom is 0.239 e. The molecule has 1 amide bonds. The summed E-state index contributed by atoms with van der Waals surface area (Å²) in [6.45, 7) is 5.60. The zero-order valence-corrected chi connectivity index (χ0v) is 11.7. The zero-order valence-electron chi connectivity index (χ0n) is 11.7. The Morgan fingerprint density at radius 2 is 1.94 bits per heavy atom. The van der Waals surface area contributed by atoms with Gasteiger partial charge in [-0.25, -0.2) is 0 Å². The van der Waals surface area contributed by atoms with Crippen LogP contribution in [0.3, 0.4) is 0 Å². The minimum Gasteiger partial charge on any atom is -0.343 e.